The molecular formula is C8H13FN2O. The first-order valence-electron chi connectivity index (χ1n) is 3.83. The van der Waals surface area contributed by atoms with Crippen LogP contribution in [-0.4, -0.2) is 30.2 Å². The molecule has 0 fully saturated rings. The average molecular weight is 172 g/mol. The molecule has 4 heteroatoms. The van der Waals surface area contributed by atoms with E-state index in [4.69, 9.17) is 4.74 Å². The van der Waals surface area contributed by atoms with Crippen molar-refractivity contribution in [1.82, 2.24) is 9.78 Å². The van der Waals surface area contributed by atoms with Crippen LogP contribution in [-0.2, 0) is 4.74 Å². The van der Waals surface area contributed by atoms with E-state index >= 15 is 0 Å². The Morgan fingerprint density at radius 2 is 2.50 bits per heavy atom. The van der Waals surface area contributed by atoms with Gasteiger partial charge in [0.25, 0.3) is 0 Å². The monoisotopic (exact) mass is 172 g/mol. The molecule has 12 heavy (non-hydrogen) atoms. The molecule has 0 aliphatic carbocycles. The lowest BCUT2D eigenvalue weighted by molar-refractivity contribution is 0.134. The number of rotatable bonds is 4. The summed E-state index contributed by atoms with van der Waals surface area (Å²) in [6.07, 6.45) is 3.52. The smallest absolute Gasteiger partial charge is 0.114 e. The van der Waals surface area contributed by atoms with E-state index in [-0.39, 0.29) is 6.04 Å². The van der Waals surface area contributed by atoms with Gasteiger partial charge in [-0.1, -0.05) is 0 Å². The van der Waals surface area contributed by atoms with Crippen molar-refractivity contribution < 1.29 is 9.13 Å². The van der Waals surface area contributed by atoms with Crippen molar-refractivity contribution in [3.8, 4) is 0 Å². The van der Waals surface area contributed by atoms with Gasteiger partial charge in [0.15, 0.2) is 0 Å². The molecule has 0 aliphatic heterocycles. The maximum Gasteiger partial charge on any atom is 0.114 e. The van der Waals surface area contributed by atoms with Crippen LogP contribution < -0.4 is 0 Å². The predicted octanol–water partition coefficient (Wildman–Crippen LogP) is 1.35. The number of aromatic nitrogens is 2. The average Bonchev–Trinajstić information content (AvgIpc) is 2.47. The summed E-state index contributed by atoms with van der Waals surface area (Å²) in [4.78, 5) is 0. The Labute approximate surface area is 71.1 Å². The predicted molar refractivity (Wildman–Crippen MR) is 43.9 cm³/mol. The molecule has 1 aromatic heterocycles. The summed E-state index contributed by atoms with van der Waals surface area (Å²) in [5.41, 5.74) is 1.03. The van der Waals surface area contributed by atoms with E-state index in [1.54, 1.807) is 18.0 Å². The van der Waals surface area contributed by atoms with E-state index in [0.717, 1.165) is 5.56 Å². The lowest BCUT2D eigenvalue weighted by atomic mass is 10.3. The molecule has 1 heterocycles. The molecule has 0 bridgehead atoms. The summed E-state index contributed by atoms with van der Waals surface area (Å²) in [7, 11) is 1.55. The van der Waals surface area contributed by atoms with Gasteiger partial charge in [0.2, 0.25) is 0 Å². The van der Waals surface area contributed by atoms with Gasteiger partial charge in [0.1, 0.15) is 12.7 Å². The van der Waals surface area contributed by atoms with Crippen molar-refractivity contribution in [2.24, 2.45) is 0 Å². The summed E-state index contributed by atoms with van der Waals surface area (Å²) >= 11 is 0. The normalized spacial score (nSPS) is 13.2. The zero-order valence-corrected chi connectivity index (χ0v) is 7.33. The minimum Gasteiger partial charge on any atom is -0.382 e. The highest BCUT2D eigenvalue weighted by Crippen LogP contribution is 2.07. The van der Waals surface area contributed by atoms with E-state index in [1.807, 2.05) is 13.1 Å². The Hall–Kier alpha value is -0.900. The zero-order valence-electron chi connectivity index (χ0n) is 7.33. The summed E-state index contributed by atoms with van der Waals surface area (Å²) in [5.74, 6) is 0. The van der Waals surface area contributed by atoms with Crippen LogP contribution in [0.1, 0.15) is 11.6 Å². The largest absolute Gasteiger partial charge is 0.382 e. The Balaban J connectivity index is 2.66. The summed E-state index contributed by atoms with van der Waals surface area (Å²) in [6, 6.07) is -0.288. The van der Waals surface area contributed by atoms with Crippen LogP contribution in [0, 0.1) is 6.92 Å². The highest BCUT2D eigenvalue weighted by molar-refractivity contribution is 5.00. The van der Waals surface area contributed by atoms with E-state index in [1.165, 1.54) is 0 Å². The highest BCUT2D eigenvalue weighted by atomic mass is 19.1. The van der Waals surface area contributed by atoms with Crippen molar-refractivity contribution in [1.29, 1.82) is 0 Å². The van der Waals surface area contributed by atoms with Crippen LogP contribution in [0.25, 0.3) is 0 Å². The van der Waals surface area contributed by atoms with Crippen molar-refractivity contribution in [2.75, 3.05) is 20.4 Å². The molecule has 0 N–H and O–H groups in total. The lowest BCUT2D eigenvalue weighted by Gasteiger charge is -2.11. The quantitative estimate of drug-likeness (QED) is 0.685. The van der Waals surface area contributed by atoms with Gasteiger partial charge in [0.05, 0.1) is 12.8 Å². The number of aryl methyl sites for hydroxylation is 1. The fraction of sp³-hybridized carbons (Fsp3) is 0.625. The maximum absolute atomic E-state index is 12.4. The van der Waals surface area contributed by atoms with Gasteiger partial charge in [0, 0.05) is 13.3 Å². The van der Waals surface area contributed by atoms with Gasteiger partial charge < -0.3 is 4.74 Å². The molecule has 0 spiro atoms. The minimum absolute atomic E-state index is 0.288. The molecule has 0 aromatic carbocycles. The number of nitrogens with zero attached hydrogens (tertiary/aromatic N) is 2. The lowest BCUT2D eigenvalue weighted by Crippen LogP contribution is -2.16. The van der Waals surface area contributed by atoms with Crippen LogP contribution in [0.2, 0.25) is 0 Å². The van der Waals surface area contributed by atoms with Crippen molar-refractivity contribution in [3.05, 3.63) is 18.0 Å². The van der Waals surface area contributed by atoms with Gasteiger partial charge in [-0.2, -0.15) is 5.10 Å². The SMILES string of the molecule is COC[C@@H](CF)n1cc(C)cn1. The Kier molecular flexibility index (Phi) is 3.22. The van der Waals surface area contributed by atoms with Crippen LogP contribution in [0.5, 0.6) is 0 Å². The van der Waals surface area contributed by atoms with Gasteiger partial charge in [-0.25, -0.2) is 4.39 Å². The van der Waals surface area contributed by atoms with Crippen molar-refractivity contribution in [3.63, 3.8) is 0 Å². The number of hydrogen-bond donors (Lipinski definition) is 0. The fourth-order valence-corrected chi connectivity index (χ4v) is 1.02. The number of alkyl halides is 1. The molecule has 0 aliphatic rings. The molecule has 1 rings (SSSR count). The number of halogens is 1. The molecule has 0 saturated carbocycles. The van der Waals surface area contributed by atoms with Crippen molar-refractivity contribution >= 4 is 0 Å². The molecule has 0 saturated heterocycles. The van der Waals surface area contributed by atoms with E-state index in [9.17, 15) is 4.39 Å². The van der Waals surface area contributed by atoms with E-state index in [2.05, 4.69) is 5.10 Å². The standard InChI is InChI=1S/C8H13FN2O/c1-7-4-10-11(5-7)8(3-9)6-12-2/h4-5,8H,3,6H2,1-2H3/t8-/m1/s1. The maximum atomic E-state index is 12.4. The van der Waals surface area contributed by atoms with Crippen LogP contribution >= 0.6 is 0 Å². The first-order chi connectivity index (χ1) is 5.77. The molecule has 3 nitrogen and oxygen atoms in total. The Morgan fingerprint density at radius 1 is 1.75 bits per heavy atom. The van der Waals surface area contributed by atoms with E-state index < -0.39 is 6.67 Å². The van der Waals surface area contributed by atoms with Crippen LogP contribution in [0.4, 0.5) is 4.39 Å². The van der Waals surface area contributed by atoms with Crippen LogP contribution in [0.15, 0.2) is 12.4 Å². The summed E-state index contributed by atoms with van der Waals surface area (Å²) < 4.78 is 18.9. The second kappa shape index (κ2) is 4.21. The van der Waals surface area contributed by atoms with Crippen LogP contribution in [0.3, 0.4) is 0 Å². The number of hydrogen-bond acceptors (Lipinski definition) is 2. The fourth-order valence-electron chi connectivity index (χ4n) is 1.02. The van der Waals surface area contributed by atoms with Gasteiger partial charge >= 0.3 is 0 Å². The first kappa shape index (κ1) is 9.19. The van der Waals surface area contributed by atoms with Gasteiger partial charge in [-0.15, -0.1) is 0 Å². The summed E-state index contributed by atoms with van der Waals surface area (Å²) in [5, 5.41) is 4.00. The third-order valence-electron chi connectivity index (χ3n) is 1.64. The van der Waals surface area contributed by atoms with Gasteiger partial charge in [-0.05, 0) is 12.5 Å². The van der Waals surface area contributed by atoms with Crippen molar-refractivity contribution in [2.45, 2.75) is 13.0 Å². The molecule has 0 unspecified atom stereocenters. The molecule has 1 atom stereocenters. The second-order valence-electron chi connectivity index (χ2n) is 2.76. The Bertz CT molecular complexity index is 237. The number of methoxy groups -OCH3 is 1. The molecule has 1 aromatic rings. The molecule has 0 amide bonds. The molecule has 68 valence electrons. The second-order valence-corrected chi connectivity index (χ2v) is 2.76. The summed E-state index contributed by atoms with van der Waals surface area (Å²) in [6.45, 7) is 1.83. The first-order valence-corrected chi connectivity index (χ1v) is 3.83. The highest BCUT2D eigenvalue weighted by Gasteiger charge is 2.10. The van der Waals surface area contributed by atoms with E-state index in [0.29, 0.717) is 6.61 Å². The molecule has 0 radical (unpaired) electrons. The minimum atomic E-state index is -0.449. The van der Waals surface area contributed by atoms with Gasteiger partial charge in [-0.3, -0.25) is 4.68 Å². The zero-order chi connectivity index (χ0) is 8.97. The topological polar surface area (TPSA) is 27.1 Å². The molecular weight excluding hydrogens is 159 g/mol. The Morgan fingerprint density at radius 3 is 2.92 bits per heavy atom. The number of ether oxygens (including phenoxy) is 1. The third kappa shape index (κ3) is 2.04. The third-order valence-corrected chi connectivity index (χ3v) is 1.64.